The molecule has 14 heavy (non-hydrogen) atoms. The van der Waals surface area contributed by atoms with Gasteiger partial charge in [-0.3, -0.25) is 0 Å². The number of rotatable bonds is 2. The van der Waals surface area contributed by atoms with Crippen molar-refractivity contribution in [3.8, 4) is 0 Å². The molecule has 0 aliphatic rings. The van der Waals surface area contributed by atoms with Crippen molar-refractivity contribution in [3.63, 3.8) is 0 Å². The van der Waals surface area contributed by atoms with Gasteiger partial charge in [0, 0.05) is 17.6 Å². The molecule has 0 atom stereocenters. The van der Waals surface area contributed by atoms with Crippen molar-refractivity contribution in [2.45, 2.75) is 26.7 Å². The molecule has 78 valence electrons. The molecule has 0 aromatic carbocycles. The number of carboxylic acid groups (broad SMARTS) is 1. The summed E-state index contributed by atoms with van der Waals surface area (Å²) in [7, 11) is 2.05. The molecule has 0 spiro atoms. The quantitative estimate of drug-likeness (QED) is 0.634. The molecule has 0 saturated carbocycles. The summed E-state index contributed by atoms with van der Waals surface area (Å²) >= 11 is 0. The fourth-order valence-electron chi connectivity index (χ4n) is 1.09. The standard InChI is InChI=1S/C9H14N.C2H4O2/c1-3-5-9-6-4-7-10(2)8-9;1-2(3)4/h4,6-8H,3,5H2,1-2H3;1H3,(H,3,4)/q+1;/p-1. The third-order valence-corrected chi connectivity index (χ3v) is 1.54. The lowest BCUT2D eigenvalue weighted by Crippen LogP contribution is -2.26. The smallest absolute Gasteiger partial charge is 0.171 e. The molecule has 1 rings (SSSR count). The first-order valence-electron chi connectivity index (χ1n) is 4.68. The van der Waals surface area contributed by atoms with Crippen LogP contribution in [0.5, 0.6) is 0 Å². The highest BCUT2D eigenvalue weighted by Gasteiger charge is 1.94. The van der Waals surface area contributed by atoms with E-state index in [2.05, 4.69) is 43.1 Å². The average Bonchev–Trinajstić information content (AvgIpc) is 2.03. The number of hydrogen-bond donors (Lipinski definition) is 0. The Morgan fingerprint density at radius 3 is 2.57 bits per heavy atom. The van der Waals surface area contributed by atoms with Crippen molar-refractivity contribution in [1.29, 1.82) is 0 Å². The second-order valence-corrected chi connectivity index (χ2v) is 3.12. The summed E-state index contributed by atoms with van der Waals surface area (Å²) in [5.41, 5.74) is 1.42. The summed E-state index contributed by atoms with van der Waals surface area (Å²) in [5, 5.41) is 8.89. The van der Waals surface area contributed by atoms with E-state index in [4.69, 9.17) is 9.90 Å². The number of carbonyl (C=O) groups is 1. The Morgan fingerprint density at radius 1 is 1.57 bits per heavy atom. The molecule has 1 aromatic heterocycles. The van der Waals surface area contributed by atoms with Crippen LogP contribution < -0.4 is 9.67 Å². The summed E-state index contributed by atoms with van der Waals surface area (Å²) < 4.78 is 2.09. The van der Waals surface area contributed by atoms with Crippen LogP contribution in [0, 0.1) is 0 Å². The van der Waals surface area contributed by atoms with Crippen LogP contribution in [0.4, 0.5) is 0 Å². The predicted molar refractivity (Wildman–Crippen MR) is 52.3 cm³/mol. The van der Waals surface area contributed by atoms with Gasteiger partial charge in [0.05, 0.1) is 0 Å². The number of hydrogen-bond acceptors (Lipinski definition) is 2. The minimum Gasteiger partial charge on any atom is -0.550 e. The van der Waals surface area contributed by atoms with Gasteiger partial charge in [0.2, 0.25) is 0 Å². The second-order valence-electron chi connectivity index (χ2n) is 3.12. The highest BCUT2D eigenvalue weighted by molar-refractivity contribution is 5.60. The molecule has 0 aliphatic carbocycles. The van der Waals surface area contributed by atoms with E-state index in [1.807, 2.05) is 0 Å². The maximum absolute atomic E-state index is 8.89. The number of pyridine rings is 1. The van der Waals surface area contributed by atoms with Crippen LogP contribution in [0.2, 0.25) is 0 Å². The van der Waals surface area contributed by atoms with Crippen molar-refractivity contribution >= 4 is 5.97 Å². The molecule has 0 N–H and O–H groups in total. The summed E-state index contributed by atoms with van der Waals surface area (Å²) in [6, 6.07) is 4.26. The Bertz CT molecular complexity index is 280. The SMILES string of the molecule is CC(=O)[O-].CCCc1ccc[n+](C)c1. The highest BCUT2D eigenvalue weighted by Crippen LogP contribution is 1.97. The third-order valence-electron chi connectivity index (χ3n) is 1.54. The molecular weight excluding hydrogens is 178 g/mol. The molecule has 0 aliphatic heterocycles. The number of aryl methyl sites for hydroxylation is 2. The van der Waals surface area contributed by atoms with E-state index in [1.165, 1.54) is 18.4 Å². The fourth-order valence-corrected chi connectivity index (χ4v) is 1.09. The van der Waals surface area contributed by atoms with Crippen molar-refractivity contribution < 1.29 is 14.5 Å². The van der Waals surface area contributed by atoms with E-state index >= 15 is 0 Å². The molecule has 1 heterocycles. The maximum Gasteiger partial charge on any atom is 0.171 e. The van der Waals surface area contributed by atoms with Gasteiger partial charge in [-0.1, -0.05) is 13.3 Å². The molecule has 0 saturated heterocycles. The molecule has 0 bridgehead atoms. The Hall–Kier alpha value is -1.38. The normalized spacial score (nSPS) is 8.79. The minimum absolute atomic E-state index is 0.972. The van der Waals surface area contributed by atoms with Crippen LogP contribution in [0.15, 0.2) is 24.5 Å². The van der Waals surface area contributed by atoms with Crippen LogP contribution in [0.25, 0.3) is 0 Å². The second kappa shape index (κ2) is 7.06. The molecule has 0 radical (unpaired) electrons. The van der Waals surface area contributed by atoms with E-state index in [0.29, 0.717) is 0 Å². The zero-order valence-corrected chi connectivity index (χ0v) is 8.99. The lowest BCUT2D eigenvalue weighted by Gasteiger charge is -1.93. The van der Waals surface area contributed by atoms with Crippen molar-refractivity contribution in [2.75, 3.05) is 0 Å². The number of nitrogens with zero attached hydrogens (tertiary/aromatic N) is 1. The van der Waals surface area contributed by atoms with Gasteiger partial charge in [-0.05, 0) is 19.4 Å². The van der Waals surface area contributed by atoms with Crippen LogP contribution in [-0.4, -0.2) is 5.97 Å². The average molecular weight is 195 g/mol. The van der Waals surface area contributed by atoms with Gasteiger partial charge in [-0.25, -0.2) is 4.57 Å². The third kappa shape index (κ3) is 7.28. The lowest BCUT2D eigenvalue weighted by molar-refractivity contribution is -0.671. The zero-order valence-electron chi connectivity index (χ0n) is 8.99. The summed E-state index contributed by atoms with van der Waals surface area (Å²) in [6.45, 7) is 3.17. The Balaban J connectivity index is 0.000000364. The lowest BCUT2D eigenvalue weighted by atomic mass is 10.2. The minimum atomic E-state index is -1.08. The van der Waals surface area contributed by atoms with Crippen LogP contribution in [-0.2, 0) is 18.3 Å². The van der Waals surface area contributed by atoms with Crippen LogP contribution in [0.1, 0.15) is 25.8 Å². The number of aliphatic carboxylic acids is 1. The Morgan fingerprint density at radius 2 is 2.14 bits per heavy atom. The first-order valence-corrected chi connectivity index (χ1v) is 4.68. The number of carbonyl (C=O) groups excluding carboxylic acids is 1. The Kier molecular flexibility index (Phi) is 6.37. The van der Waals surface area contributed by atoms with Gasteiger partial charge in [0.15, 0.2) is 12.4 Å². The molecular formula is C11H17NO2. The predicted octanol–water partition coefficient (Wildman–Crippen LogP) is 0.220. The largest absolute Gasteiger partial charge is 0.550 e. The number of carboxylic acids is 1. The topological polar surface area (TPSA) is 44.0 Å². The van der Waals surface area contributed by atoms with Gasteiger partial charge in [-0.2, -0.15) is 0 Å². The molecule has 3 nitrogen and oxygen atoms in total. The number of aromatic nitrogens is 1. The Labute approximate surface area is 85.0 Å². The summed E-state index contributed by atoms with van der Waals surface area (Å²) in [6.07, 6.45) is 6.64. The monoisotopic (exact) mass is 195 g/mol. The van der Waals surface area contributed by atoms with Crippen molar-refractivity contribution in [1.82, 2.24) is 0 Å². The molecule has 0 unspecified atom stereocenters. The summed E-state index contributed by atoms with van der Waals surface area (Å²) in [4.78, 5) is 8.89. The maximum atomic E-state index is 8.89. The summed E-state index contributed by atoms with van der Waals surface area (Å²) in [5.74, 6) is -1.08. The van der Waals surface area contributed by atoms with E-state index in [1.54, 1.807) is 0 Å². The first-order chi connectivity index (χ1) is 6.56. The van der Waals surface area contributed by atoms with Gasteiger partial charge in [-0.15, -0.1) is 0 Å². The van der Waals surface area contributed by atoms with E-state index < -0.39 is 5.97 Å². The highest BCUT2D eigenvalue weighted by atomic mass is 16.4. The first kappa shape index (κ1) is 12.6. The van der Waals surface area contributed by atoms with Crippen LogP contribution >= 0.6 is 0 Å². The van der Waals surface area contributed by atoms with Gasteiger partial charge in [0.25, 0.3) is 0 Å². The van der Waals surface area contributed by atoms with Crippen molar-refractivity contribution in [2.24, 2.45) is 7.05 Å². The molecule has 1 aromatic rings. The van der Waals surface area contributed by atoms with Crippen molar-refractivity contribution in [3.05, 3.63) is 30.1 Å². The van der Waals surface area contributed by atoms with E-state index in [-0.39, 0.29) is 0 Å². The zero-order chi connectivity index (χ0) is 11.0. The van der Waals surface area contributed by atoms with Gasteiger partial charge < -0.3 is 9.90 Å². The van der Waals surface area contributed by atoms with E-state index in [9.17, 15) is 0 Å². The molecule has 0 amide bonds. The van der Waals surface area contributed by atoms with Gasteiger partial charge >= 0.3 is 0 Å². The van der Waals surface area contributed by atoms with E-state index in [0.717, 1.165) is 6.92 Å². The van der Waals surface area contributed by atoms with Crippen LogP contribution in [0.3, 0.4) is 0 Å². The fraction of sp³-hybridized carbons (Fsp3) is 0.455. The molecule has 0 fully saturated rings. The van der Waals surface area contributed by atoms with Gasteiger partial charge in [0.1, 0.15) is 7.05 Å². The molecule has 3 heteroatoms.